The van der Waals surface area contributed by atoms with Crippen LogP contribution < -0.4 is 0 Å². The van der Waals surface area contributed by atoms with Crippen molar-refractivity contribution in [3.05, 3.63) is 48.0 Å². The first-order valence-corrected chi connectivity index (χ1v) is 5.46. The van der Waals surface area contributed by atoms with E-state index in [1.165, 1.54) is 17.8 Å². The van der Waals surface area contributed by atoms with E-state index in [9.17, 15) is 4.39 Å². The molecule has 0 saturated heterocycles. The summed E-state index contributed by atoms with van der Waals surface area (Å²) in [5.74, 6) is -0.413. The first-order chi connectivity index (χ1) is 7.81. The molecule has 0 atom stereocenters. The predicted molar refractivity (Wildman–Crippen MR) is 58.5 cm³/mol. The molecule has 2 aromatic rings. The van der Waals surface area contributed by atoms with Crippen LogP contribution in [0.5, 0.6) is 0 Å². The van der Waals surface area contributed by atoms with E-state index in [0.717, 1.165) is 0 Å². The minimum Gasteiger partial charge on any atom is -0.392 e. The standard InChI is InChI=1S/C11H9FN2OS/c12-9-3-1-4-10(8(9)7-15)16-11-13-5-2-6-14-11/h1-6,15H,7H2. The van der Waals surface area contributed by atoms with Crippen LogP contribution >= 0.6 is 11.8 Å². The quantitative estimate of drug-likeness (QED) is 0.830. The summed E-state index contributed by atoms with van der Waals surface area (Å²) in [5.41, 5.74) is 0.278. The van der Waals surface area contributed by atoms with Crippen LogP contribution in [-0.4, -0.2) is 15.1 Å². The van der Waals surface area contributed by atoms with Gasteiger partial charge in [0.2, 0.25) is 0 Å². The van der Waals surface area contributed by atoms with Crippen molar-refractivity contribution in [3.8, 4) is 0 Å². The fourth-order valence-corrected chi connectivity index (χ4v) is 2.08. The molecular weight excluding hydrogens is 227 g/mol. The van der Waals surface area contributed by atoms with E-state index in [2.05, 4.69) is 9.97 Å². The molecule has 2 rings (SSSR count). The largest absolute Gasteiger partial charge is 0.392 e. The molecule has 0 amide bonds. The van der Waals surface area contributed by atoms with Crippen LogP contribution in [-0.2, 0) is 6.61 Å². The van der Waals surface area contributed by atoms with E-state index in [0.29, 0.717) is 10.1 Å². The summed E-state index contributed by atoms with van der Waals surface area (Å²) in [6, 6.07) is 6.36. The van der Waals surface area contributed by atoms with Gasteiger partial charge < -0.3 is 5.11 Å². The Bertz CT molecular complexity index is 479. The van der Waals surface area contributed by atoms with Gasteiger partial charge in [0.25, 0.3) is 0 Å². The monoisotopic (exact) mass is 236 g/mol. The number of hydrogen-bond donors (Lipinski definition) is 1. The minimum atomic E-state index is -0.413. The zero-order chi connectivity index (χ0) is 11.4. The van der Waals surface area contributed by atoms with E-state index in [4.69, 9.17) is 5.11 Å². The molecule has 3 nitrogen and oxygen atoms in total. The van der Waals surface area contributed by atoms with Gasteiger partial charge in [0.15, 0.2) is 5.16 Å². The molecule has 1 aromatic heterocycles. The summed E-state index contributed by atoms with van der Waals surface area (Å²) < 4.78 is 13.3. The highest BCUT2D eigenvalue weighted by Gasteiger charge is 2.09. The van der Waals surface area contributed by atoms with Gasteiger partial charge in [-0.3, -0.25) is 0 Å². The Morgan fingerprint density at radius 1 is 1.19 bits per heavy atom. The summed E-state index contributed by atoms with van der Waals surface area (Å²) in [5, 5.41) is 9.61. The second-order valence-electron chi connectivity index (χ2n) is 3.01. The second kappa shape index (κ2) is 5.05. The SMILES string of the molecule is OCc1c(F)cccc1Sc1ncccn1. The molecule has 0 bridgehead atoms. The third kappa shape index (κ3) is 2.37. The number of aliphatic hydroxyl groups excluding tert-OH is 1. The first kappa shape index (κ1) is 11.0. The van der Waals surface area contributed by atoms with Gasteiger partial charge in [-0.05, 0) is 30.0 Å². The van der Waals surface area contributed by atoms with Crippen LogP contribution in [0.2, 0.25) is 0 Å². The third-order valence-corrected chi connectivity index (χ3v) is 2.97. The number of benzene rings is 1. The summed E-state index contributed by atoms with van der Waals surface area (Å²) in [7, 11) is 0. The fourth-order valence-electron chi connectivity index (χ4n) is 1.22. The number of nitrogens with zero attached hydrogens (tertiary/aromatic N) is 2. The van der Waals surface area contributed by atoms with Crippen LogP contribution in [0, 0.1) is 5.82 Å². The van der Waals surface area contributed by atoms with Gasteiger partial charge in [-0.1, -0.05) is 6.07 Å². The third-order valence-electron chi connectivity index (χ3n) is 1.98. The molecular formula is C11H9FN2OS. The van der Waals surface area contributed by atoms with Crippen molar-refractivity contribution < 1.29 is 9.50 Å². The Morgan fingerprint density at radius 3 is 2.62 bits per heavy atom. The molecule has 1 N–H and O–H groups in total. The van der Waals surface area contributed by atoms with Gasteiger partial charge in [-0.15, -0.1) is 0 Å². The second-order valence-corrected chi connectivity index (χ2v) is 4.02. The lowest BCUT2D eigenvalue weighted by atomic mass is 10.2. The molecule has 0 radical (unpaired) electrons. The first-order valence-electron chi connectivity index (χ1n) is 4.64. The Kier molecular flexibility index (Phi) is 3.48. The summed E-state index contributed by atoms with van der Waals surface area (Å²) in [6.45, 7) is -0.332. The maximum absolute atomic E-state index is 13.3. The zero-order valence-corrected chi connectivity index (χ0v) is 9.12. The predicted octanol–water partition coefficient (Wildman–Crippen LogP) is 2.26. The average Bonchev–Trinajstić information content (AvgIpc) is 2.31. The van der Waals surface area contributed by atoms with Crippen molar-refractivity contribution in [1.29, 1.82) is 0 Å². The molecule has 0 spiro atoms. The smallest absolute Gasteiger partial charge is 0.192 e. The lowest BCUT2D eigenvalue weighted by Gasteiger charge is -2.06. The molecule has 0 aliphatic heterocycles. The minimum absolute atomic E-state index is 0.278. The van der Waals surface area contributed by atoms with Crippen LogP contribution in [0.1, 0.15) is 5.56 Å². The Labute approximate surface area is 96.4 Å². The normalized spacial score (nSPS) is 10.4. The van der Waals surface area contributed by atoms with Crippen LogP contribution in [0.3, 0.4) is 0 Å². The summed E-state index contributed by atoms with van der Waals surface area (Å²) >= 11 is 1.23. The van der Waals surface area contributed by atoms with Gasteiger partial charge in [0, 0.05) is 22.9 Å². The number of rotatable bonds is 3. The van der Waals surface area contributed by atoms with Crippen molar-refractivity contribution in [2.24, 2.45) is 0 Å². The van der Waals surface area contributed by atoms with Crippen LogP contribution in [0.15, 0.2) is 46.7 Å². The lowest BCUT2D eigenvalue weighted by molar-refractivity contribution is 0.272. The van der Waals surface area contributed by atoms with Crippen molar-refractivity contribution in [1.82, 2.24) is 9.97 Å². The van der Waals surface area contributed by atoms with E-state index >= 15 is 0 Å². The summed E-state index contributed by atoms with van der Waals surface area (Å²) in [6.07, 6.45) is 3.24. The molecule has 0 unspecified atom stereocenters. The molecule has 16 heavy (non-hydrogen) atoms. The molecule has 1 aromatic carbocycles. The molecule has 82 valence electrons. The topological polar surface area (TPSA) is 46.0 Å². The van der Waals surface area contributed by atoms with Crippen LogP contribution in [0.4, 0.5) is 4.39 Å². The number of halogens is 1. The molecule has 5 heteroatoms. The van der Waals surface area contributed by atoms with E-state index in [-0.39, 0.29) is 12.2 Å². The van der Waals surface area contributed by atoms with Crippen molar-refractivity contribution >= 4 is 11.8 Å². The highest BCUT2D eigenvalue weighted by molar-refractivity contribution is 7.99. The highest BCUT2D eigenvalue weighted by atomic mass is 32.2. The number of hydrogen-bond acceptors (Lipinski definition) is 4. The number of aromatic nitrogens is 2. The highest BCUT2D eigenvalue weighted by Crippen LogP contribution is 2.28. The molecule has 1 heterocycles. The lowest BCUT2D eigenvalue weighted by Crippen LogP contribution is -1.93. The van der Waals surface area contributed by atoms with Crippen molar-refractivity contribution in [2.75, 3.05) is 0 Å². The van der Waals surface area contributed by atoms with E-state index < -0.39 is 5.82 Å². The average molecular weight is 236 g/mol. The maximum atomic E-state index is 13.3. The summed E-state index contributed by atoms with van der Waals surface area (Å²) in [4.78, 5) is 8.69. The van der Waals surface area contributed by atoms with E-state index in [1.807, 2.05) is 0 Å². The van der Waals surface area contributed by atoms with Gasteiger partial charge in [-0.2, -0.15) is 0 Å². The maximum Gasteiger partial charge on any atom is 0.192 e. The fraction of sp³-hybridized carbons (Fsp3) is 0.0909. The Morgan fingerprint density at radius 2 is 1.94 bits per heavy atom. The van der Waals surface area contributed by atoms with Gasteiger partial charge >= 0.3 is 0 Å². The molecule has 0 saturated carbocycles. The van der Waals surface area contributed by atoms with Crippen molar-refractivity contribution in [2.45, 2.75) is 16.7 Å². The molecule has 0 aliphatic carbocycles. The Hall–Kier alpha value is -1.46. The van der Waals surface area contributed by atoms with Gasteiger partial charge in [0.1, 0.15) is 5.82 Å². The van der Waals surface area contributed by atoms with Gasteiger partial charge in [0.05, 0.1) is 6.61 Å². The zero-order valence-electron chi connectivity index (χ0n) is 8.30. The van der Waals surface area contributed by atoms with E-state index in [1.54, 1.807) is 30.6 Å². The number of aliphatic hydroxyl groups is 1. The Balaban J connectivity index is 2.31. The van der Waals surface area contributed by atoms with Gasteiger partial charge in [-0.25, -0.2) is 14.4 Å². The van der Waals surface area contributed by atoms with Crippen LogP contribution in [0.25, 0.3) is 0 Å². The van der Waals surface area contributed by atoms with Crippen molar-refractivity contribution in [3.63, 3.8) is 0 Å². The molecule has 0 aliphatic rings. The molecule has 0 fully saturated rings.